The number of hydrogen-bond acceptors (Lipinski definition) is 2. The number of aromatic nitrogens is 2. The van der Waals surface area contributed by atoms with Gasteiger partial charge in [-0.15, -0.1) is 0 Å². The summed E-state index contributed by atoms with van der Waals surface area (Å²) in [6, 6.07) is 6.19. The van der Waals surface area contributed by atoms with E-state index in [0.717, 1.165) is 24.9 Å². The van der Waals surface area contributed by atoms with E-state index in [1.54, 1.807) is 0 Å². The van der Waals surface area contributed by atoms with Gasteiger partial charge < -0.3 is 5.32 Å². The zero-order chi connectivity index (χ0) is 11.7. The Kier molecular flexibility index (Phi) is 2.85. The van der Waals surface area contributed by atoms with Gasteiger partial charge in [-0.25, -0.2) is 4.52 Å². The lowest BCUT2D eigenvalue weighted by Gasteiger charge is -2.10. The molecule has 17 heavy (non-hydrogen) atoms. The zero-order valence-corrected chi connectivity index (χ0v) is 10.3. The highest BCUT2D eigenvalue weighted by molar-refractivity contribution is 5.53. The van der Waals surface area contributed by atoms with Crippen LogP contribution in [0.25, 0.3) is 5.52 Å². The first-order valence-electron chi connectivity index (χ1n) is 6.46. The molecule has 1 unspecified atom stereocenters. The van der Waals surface area contributed by atoms with Crippen molar-refractivity contribution >= 4 is 5.52 Å². The SMILES string of the molecule is CC(CNCc1cnn2ccccc12)C1CC1. The van der Waals surface area contributed by atoms with E-state index >= 15 is 0 Å². The Balaban J connectivity index is 1.60. The molecule has 0 spiro atoms. The number of hydrogen-bond donors (Lipinski definition) is 1. The van der Waals surface area contributed by atoms with Crippen LogP contribution in [-0.2, 0) is 6.54 Å². The number of nitrogens with zero attached hydrogens (tertiary/aromatic N) is 2. The fourth-order valence-electron chi connectivity index (χ4n) is 2.39. The summed E-state index contributed by atoms with van der Waals surface area (Å²) in [6.45, 7) is 4.39. The number of pyridine rings is 1. The summed E-state index contributed by atoms with van der Waals surface area (Å²) in [4.78, 5) is 0. The minimum Gasteiger partial charge on any atom is -0.312 e. The van der Waals surface area contributed by atoms with Crippen LogP contribution in [0, 0.1) is 11.8 Å². The standard InChI is InChI=1S/C14H19N3/c1-11(12-5-6-12)8-15-9-13-10-16-17-7-3-2-4-14(13)17/h2-4,7,10-12,15H,5-6,8-9H2,1H3. The molecule has 3 heteroatoms. The third-order valence-electron chi connectivity index (χ3n) is 3.71. The molecule has 0 bridgehead atoms. The van der Waals surface area contributed by atoms with Crippen molar-refractivity contribution in [1.82, 2.24) is 14.9 Å². The molecule has 0 saturated heterocycles. The van der Waals surface area contributed by atoms with E-state index in [4.69, 9.17) is 0 Å². The summed E-state index contributed by atoms with van der Waals surface area (Å²) in [5.41, 5.74) is 2.49. The molecule has 1 aliphatic carbocycles. The molecular weight excluding hydrogens is 210 g/mol. The monoisotopic (exact) mass is 229 g/mol. The van der Waals surface area contributed by atoms with Crippen molar-refractivity contribution in [2.45, 2.75) is 26.3 Å². The van der Waals surface area contributed by atoms with Crippen LogP contribution >= 0.6 is 0 Å². The minimum atomic E-state index is 0.817. The summed E-state index contributed by atoms with van der Waals surface area (Å²) in [5.74, 6) is 1.79. The molecule has 1 aliphatic rings. The van der Waals surface area contributed by atoms with Gasteiger partial charge in [0.05, 0.1) is 11.7 Å². The maximum atomic E-state index is 4.34. The van der Waals surface area contributed by atoms with E-state index in [-0.39, 0.29) is 0 Å². The Labute approximate surface area is 102 Å². The molecule has 0 radical (unpaired) electrons. The lowest BCUT2D eigenvalue weighted by Crippen LogP contribution is -2.21. The van der Waals surface area contributed by atoms with Crippen LogP contribution in [0.4, 0.5) is 0 Å². The summed E-state index contributed by atoms with van der Waals surface area (Å²) in [5, 5.41) is 7.89. The van der Waals surface area contributed by atoms with Crippen molar-refractivity contribution in [1.29, 1.82) is 0 Å². The van der Waals surface area contributed by atoms with Crippen LogP contribution in [0.3, 0.4) is 0 Å². The van der Waals surface area contributed by atoms with Crippen molar-refractivity contribution in [3.63, 3.8) is 0 Å². The summed E-state index contributed by atoms with van der Waals surface area (Å²) in [6.07, 6.45) is 6.81. The lowest BCUT2D eigenvalue weighted by atomic mass is 10.1. The highest BCUT2D eigenvalue weighted by Crippen LogP contribution is 2.36. The van der Waals surface area contributed by atoms with E-state index in [2.05, 4.69) is 29.5 Å². The minimum absolute atomic E-state index is 0.817. The Morgan fingerprint density at radius 1 is 1.47 bits per heavy atom. The van der Waals surface area contributed by atoms with E-state index in [1.165, 1.54) is 23.9 Å². The van der Waals surface area contributed by atoms with Crippen molar-refractivity contribution in [2.75, 3.05) is 6.54 Å². The van der Waals surface area contributed by atoms with Gasteiger partial charge in [-0.2, -0.15) is 5.10 Å². The molecule has 2 aromatic heterocycles. The molecule has 3 nitrogen and oxygen atoms in total. The second kappa shape index (κ2) is 4.49. The topological polar surface area (TPSA) is 29.3 Å². The molecule has 90 valence electrons. The molecule has 1 N–H and O–H groups in total. The normalized spacial score (nSPS) is 17.5. The zero-order valence-electron chi connectivity index (χ0n) is 10.3. The van der Waals surface area contributed by atoms with E-state index in [9.17, 15) is 0 Å². The van der Waals surface area contributed by atoms with Gasteiger partial charge in [0, 0.05) is 18.3 Å². The molecule has 3 rings (SSSR count). The third kappa shape index (κ3) is 2.34. The van der Waals surface area contributed by atoms with E-state index in [1.807, 2.05) is 23.0 Å². The van der Waals surface area contributed by atoms with Gasteiger partial charge in [0.1, 0.15) is 0 Å². The molecule has 0 amide bonds. The molecule has 1 fully saturated rings. The van der Waals surface area contributed by atoms with Crippen LogP contribution in [0.15, 0.2) is 30.6 Å². The van der Waals surface area contributed by atoms with Gasteiger partial charge in [0.15, 0.2) is 0 Å². The van der Waals surface area contributed by atoms with Gasteiger partial charge in [-0.3, -0.25) is 0 Å². The highest BCUT2D eigenvalue weighted by Gasteiger charge is 2.27. The predicted octanol–water partition coefficient (Wildman–Crippen LogP) is 2.47. The van der Waals surface area contributed by atoms with Gasteiger partial charge >= 0.3 is 0 Å². The van der Waals surface area contributed by atoms with Crippen molar-refractivity contribution in [2.24, 2.45) is 11.8 Å². The van der Waals surface area contributed by atoms with Crippen molar-refractivity contribution < 1.29 is 0 Å². The van der Waals surface area contributed by atoms with Crippen LogP contribution in [0.2, 0.25) is 0 Å². The molecule has 2 aromatic rings. The second-order valence-electron chi connectivity index (χ2n) is 5.15. The predicted molar refractivity (Wildman–Crippen MR) is 68.8 cm³/mol. The fourth-order valence-corrected chi connectivity index (χ4v) is 2.39. The Hall–Kier alpha value is -1.35. The summed E-state index contributed by atoms with van der Waals surface area (Å²) < 4.78 is 1.93. The fraction of sp³-hybridized carbons (Fsp3) is 0.500. The number of fused-ring (bicyclic) bond motifs is 1. The quantitative estimate of drug-likeness (QED) is 0.853. The largest absolute Gasteiger partial charge is 0.312 e. The van der Waals surface area contributed by atoms with Crippen LogP contribution < -0.4 is 5.32 Å². The van der Waals surface area contributed by atoms with E-state index in [0.29, 0.717) is 0 Å². The second-order valence-corrected chi connectivity index (χ2v) is 5.15. The molecule has 1 atom stereocenters. The van der Waals surface area contributed by atoms with Crippen molar-refractivity contribution in [3.8, 4) is 0 Å². The smallest absolute Gasteiger partial charge is 0.0706 e. The molecule has 0 aromatic carbocycles. The van der Waals surface area contributed by atoms with Gasteiger partial charge in [-0.1, -0.05) is 13.0 Å². The van der Waals surface area contributed by atoms with Crippen LogP contribution in [0.5, 0.6) is 0 Å². The van der Waals surface area contributed by atoms with Gasteiger partial charge in [0.25, 0.3) is 0 Å². The molecule has 1 saturated carbocycles. The number of rotatable bonds is 5. The maximum Gasteiger partial charge on any atom is 0.0706 e. The number of nitrogens with one attached hydrogen (secondary N) is 1. The summed E-state index contributed by atoms with van der Waals surface area (Å²) in [7, 11) is 0. The lowest BCUT2D eigenvalue weighted by molar-refractivity contribution is 0.462. The first-order chi connectivity index (χ1) is 8.34. The Morgan fingerprint density at radius 3 is 3.18 bits per heavy atom. The molecule has 0 aliphatic heterocycles. The Morgan fingerprint density at radius 2 is 2.35 bits per heavy atom. The first-order valence-corrected chi connectivity index (χ1v) is 6.46. The average molecular weight is 229 g/mol. The van der Waals surface area contributed by atoms with Crippen LogP contribution in [0.1, 0.15) is 25.3 Å². The van der Waals surface area contributed by atoms with Gasteiger partial charge in [0.2, 0.25) is 0 Å². The summed E-state index contributed by atoms with van der Waals surface area (Å²) >= 11 is 0. The van der Waals surface area contributed by atoms with Crippen molar-refractivity contribution in [3.05, 3.63) is 36.2 Å². The van der Waals surface area contributed by atoms with Gasteiger partial charge in [-0.05, 0) is 43.4 Å². The Bertz CT molecular complexity index is 499. The maximum absolute atomic E-state index is 4.34. The third-order valence-corrected chi connectivity index (χ3v) is 3.71. The first kappa shape index (κ1) is 10.8. The van der Waals surface area contributed by atoms with E-state index < -0.39 is 0 Å². The molecular formula is C14H19N3. The average Bonchev–Trinajstić information content (AvgIpc) is 3.12. The van der Waals surface area contributed by atoms with Crippen LogP contribution in [-0.4, -0.2) is 16.2 Å². The molecule has 2 heterocycles. The highest BCUT2D eigenvalue weighted by atomic mass is 15.2.